The van der Waals surface area contributed by atoms with E-state index in [0.717, 1.165) is 52.0 Å². The van der Waals surface area contributed by atoms with Crippen LogP contribution >= 0.6 is 0 Å². The van der Waals surface area contributed by atoms with Gasteiger partial charge in [0.15, 0.2) is 0 Å². The van der Waals surface area contributed by atoms with E-state index in [1.165, 1.54) is 0 Å². The van der Waals surface area contributed by atoms with Gasteiger partial charge in [-0.15, -0.1) is 0 Å². The maximum Gasteiger partial charge on any atom is 0.243 e. The monoisotopic (exact) mass is 422 g/mol. The van der Waals surface area contributed by atoms with Crippen molar-refractivity contribution in [3.8, 4) is 0 Å². The molecule has 0 aromatic heterocycles. The number of piperazine rings is 1. The predicted molar refractivity (Wildman–Crippen MR) is 115 cm³/mol. The Bertz CT molecular complexity index is 779. The number of anilines is 1. The lowest BCUT2D eigenvalue weighted by Gasteiger charge is -2.37. The quantitative estimate of drug-likeness (QED) is 0.761. The Morgan fingerprint density at radius 1 is 1.00 bits per heavy atom. The molecular weight excluding hydrogens is 388 g/mol. The molecule has 0 radical (unpaired) electrons. The van der Waals surface area contributed by atoms with Gasteiger partial charge in [-0.25, -0.2) is 8.42 Å². The molecule has 2 heterocycles. The fourth-order valence-electron chi connectivity index (χ4n) is 4.37. The Labute approximate surface area is 175 Å². The van der Waals surface area contributed by atoms with Crippen LogP contribution in [0.25, 0.3) is 0 Å². The standard InChI is InChI=1S/C21H34N4O3S/c1-4-23-12-14-24(15-13-23)16-21(26)22-19-8-10-20(11-9-19)29(27,28)25-17(2)6-5-7-18(25)3/h8-11,17-18H,4-7,12-16H2,1-3H3,(H,22,26)/t17-,18-/m1/s1. The highest BCUT2D eigenvalue weighted by molar-refractivity contribution is 7.89. The van der Waals surface area contributed by atoms with Crippen molar-refractivity contribution >= 4 is 21.6 Å². The number of likely N-dealkylation sites (N-methyl/N-ethyl adjacent to an activating group) is 1. The van der Waals surface area contributed by atoms with Gasteiger partial charge in [0.05, 0.1) is 11.4 Å². The highest BCUT2D eigenvalue weighted by atomic mass is 32.2. The van der Waals surface area contributed by atoms with E-state index in [0.29, 0.717) is 12.2 Å². The number of carbonyl (C=O) groups excluding carboxylic acids is 1. The molecule has 0 bridgehead atoms. The average Bonchev–Trinajstić information content (AvgIpc) is 2.68. The van der Waals surface area contributed by atoms with Crippen LogP contribution in [0.4, 0.5) is 5.69 Å². The second-order valence-electron chi connectivity index (χ2n) is 8.25. The van der Waals surface area contributed by atoms with Crippen LogP contribution in [0.5, 0.6) is 0 Å². The number of nitrogens with one attached hydrogen (secondary N) is 1. The first-order chi connectivity index (χ1) is 13.8. The van der Waals surface area contributed by atoms with Crippen molar-refractivity contribution in [2.75, 3.05) is 44.6 Å². The first kappa shape index (κ1) is 22.2. The smallest absolute Gasteiger partial charge is 0.243 e. The molecule has 29 heavy (non-hydrogen) atoms. The third kappa shape index (κ3) is 5.36. The molecule has 0 aliphatic carbocycles. The summed E-state index contributed by atoms with van der Waals surface area (Å²) in [7, 11) is -3.53. The summed E-state index contributed by atoms with van der Waals surface area (Å²) < 4.78 is 27.8. The van der Waals surface area contributed by atoms with Crippen LogP contribution in [-0.2, 0) is 14.8 Å². The molecule has 3 rings (SSSR count). The normalized spacial score (nSPS) is 25.1. The van der Waals surface area contributed by atoms with Gasteiger partial charge in [-0.1, -0.05) is 13.3 Å². The van der Waals surface area contributed by atoms with Crippen molar-refractivity contribution in [3.05, 3.63) is 24.3 Å². The van der Waals surface area contributed by atoms with E-state index in [2.05, 4.69) is 22.0 Å². The molecule has 1 aromatic carbocycles. The minimum atomic E-state index is -3.53. The van der Waals surface area contributed by atoms with E-state index in [1.807, 2.05) is 13.8 Å². The van der Waals surface area contributed by atoms with Gasteiger partial charge in [0, 0.05) is 44.0 Å². The van der Waals surface area contributed by atoms with Gasteiger partial charge in [0.1, 0.15) is 0 Å². The third-order valence-electron chi connectivity index (χ3n) is 6.11. The van der Waals surface area contributed by atoms with Crippen LogP contribution in [0.3, 0.4) is 0 Å². The van der Waals surface area contributed by atoms with E-state index in [-0.39, 0.29) is 22.9 Å². The molecule has 1 N–H and O–H groups in total. The second-order valence-corrected chi connectivity index (χ2v) is 10.1. The molecule has 0 saturated carbocycles. The summed E-state index contributed by atoms with van der Waals surface area (Å²) in [5.41, 5.74) is 0.626. The lowest BCUT2D eigenvalue weighted by atomic mass is 10.0. The summed E-state index contributed by atoms with van der Waals surface area (Å²) in [5.74, 6) is -0.0659. The van der Waals surface area contributed by atoms with Crippen molar-refractivity contribution in [3.63, 3.8) is 0 Å². The summed E-state index contributed by atoms with van der Waals surface area (Å²) in [6.45, 7) is 11.3. The highest BCUT2D eigenvalue weighted by Crippen LogP contribution is 2.29. The van der Waals surface area contributed by atoms with Crippen LogP contribution in [0.2, 0.25) is 0 Å². The molecule has 2 aliphatic heterocycles. The van der Waals surface area contributed by atoms with E-state index < -0.39 is 10.0 Å². The summed E-state index contributed by atoms with van der Waals surface area (Å²) in [6.07, 6.45) is 2.85. The van der Waals surface area contributed by atoms with Crippen molar-refractivity contribution < 1.29 is 13.2 Å². The number of hydrogen-bond donors (Lipinski definition) is 1. The molecule has 2 aliphatic rings. The van der Waals surface area contributed by atoms with Crippen LogP contribution in [-0.4, -0.2) is 79.8 Å². The Kier molecular flexibility index (Phi) is 7.32. The molecular formula is C21H34N4O3S. The van der Waals surface area contributed by atoms with Gasteiger partial charge in [-0.3, -0.25) is 9.69 Å². The lowest BCUT2D eigenvalue weighted by molar-refractivity contribution is -0.117. The number of hydrogen-bond acceptors (Lipinski definition) is 5. The number of nitrogens with zero attached hydrogens (tertiary/aromatic N) is 3. The minimum Gasteiger partial charge on any atom is -0.325 e. The van der Waals surface area contributed by atoms with Crippen molar-refractivity contribution in [2.24, 2.45) is 0 Å². The fraction of sp³-hybridized carbons (Fsp3) is 0.667. The second kappa shape index (κ2) is 9.55. The lowest BCUT2D eigenvalue weighted by Crippen LogP contribution is -2.48. The zero-order valence-corrected chi connectivity index (χ0v) is 18.6. The Balaban J connectivity index is 1.59. The summed E-state index contributed by atoms with van der Waals surface area (Å²) in [4.78, 5) is 17.2. The third-order valence-corrected chi connectivity index (χ3v) is 8.25. The molecule has 2 atom stereocenters. The Hall–Kier alpha value is -1.48. The first-order valence-electron chi connectivity index (χ1n) is 10.7. The van der Waals surface area contributed by atoms with Crippen LogP contribution in [0, 0.1) is 0 Å². The number of carbonyl (C=O) groups is 1. The summed E-state index contributed by atoms with van der Waals surface area (Å²) in [5, 5.41) is 2.89. The topological polar surface area (TPSA) is 73.0 Å². The van der Waals surface area contributed by atoms with Crippen LogP contribution in [0.15, 0.2) is 29.2 Å². The van der Waals surface area contributed by atoms with Gasteiger partial charge in [0.25, 0.3) is 0 Å². The maximum atomic E-state index is 13.1. The van der Waals surface area contributed by atoms with E-state index in [1.54, 1.807) is 28.6 Å². The molecule has 7 nitrogen and oxygen atoms in total. The van der Waals surface area contributed by atoms with Crippen molar-refractivity contribution in [1.82, 2.24) is 14.1 Å². The first-order valence-corrected chi connectivity index (χ1v) is 12.1. The minimum absolute atomic E-state index is 0.0105. The number of amides is 1. The van der Waals surface area contributed by atoms with E-state index in [9.17, 15) is 13.2 Å². The SMILES string of the molecule is CCN1CCN(CC(=O)Nc2ccc(S(=O)(=O)N3[C@H](C)CCC[C@H]3C)cc2)CC1. The van der Waals surface area contributed by atoms with Crippen molar-refractivity contribution in [2.45, 2.75) is 57.0 Å². The average molecular weight is 423 g/mol. The maximum absolute atomic E-state index is 13.1. The molecule has 0 spiro atoms. The predicted octanol–water partition coefficient (Wildman–Crippen LogP) is 2.21. The van der Waals surface area contributed by atoms with Gasteiger partial charge >= 0.3 is 0 Å². The number of rotatable bonds is 6. The summed E-state index contributed by atoms with van der Waals surface area (Å²) >= 11 is 0. The van der Waals surface area contributed by atoms with E-state index in [4.69, 9.17) is 0 Å². The summed E-state index contributed by atoms with van der Waals surface area (Å²) in [6, 6.07) is 6.57. The highest BCUT2D eigenvalue weighted by Gasteiger charge is 2.35. The Morgan fingerprint density at radius 2 is 1.55 bits per heavy atom. The van der Waals surface area contributed by atoms with Gasteiger partial charge in [-0.2, -0.15) is 4.31 Å². The molecule has 1 amide bonds. The van der Waals surface area contributed by atoms with Gasteiger partial charge in [0.2, 0.25) is 15.9 Å². The fourth-order valence-corrected chi connectivity index (χ4v) is 6.25. The zero-order chi connectivity index (χ0) is 21.0. The van der Waals surface area contributed by atoms with Gasteiger partial charge in [-0.05, 0) is 57.5 Å². The zero-order valence-electron chi connectivity index (χ0n) is 17.8. The van der Waals surface area contributed by atoms with E-state index >= 15 is 0 Å². The largest absolute Gasteiger partial charge is 0.325 e. The van der Waals surface area contributed by atoms with Gasteiger partial charge < -0.3 is 10.2 Å². The molecule has 2 fully saturated rings. The molecule has 1 aromatic rings. The molecule has 0 unspecified atom stereocenters. The molecule has 2 saturated heterocycles. The number of piperidine rings is 1. The van der Waals surface area contributed by atoms with Crippen molar-refractivity contribution in [1.29, 1.82) is 0 Å². The van der Waals surface area contributed by atoms with Crippen LogP contribution < -0.4 is 5.32 Å². The Morgan fingerprint density at radius 3 is 2.10 bits per heavy atom. The van der Waals surface area contributed by atoms with Crippen LogP contribution in [0.1, 0.15) is 40.0 Å². The number of benzene rings is 1. The molecule has 8 heteroatoms. The number of sulfonamides is 1. The molecule has 162 valence electrons.